The molecular weight excluding hydrogens is 316 g/mol. The highest BCUT2D eigenvalue weighted by molar-refractivity contribution is 5.74. The molecule has 2 fully saturated rings. The molecule has 3 atom stereocenters. The van der Waals surface area contributed by atoms with E-state index in [9.17, 15) is 4.79 Å². The van der Waals surface area contributed by atoms with E-state index in [2.05, 4.69) is 37.5 Å². The van der Waals surface area contributed by atoms with Crippen LogP contribution >= 0.6 is 0 Å². The van der Waals surface area contributed by atoms with Crippen LogP contribution < -0.4 is 10.6 Å². The van der Waals surface area contributed by atoms with Crippen LogP contribution in [0.25, 0.3) is 0 Å². The largest absolute Gasteiger partial charge is 0.377 e. The summed E-state index contributed by atoms with van der Waals surface area (Å²) in [4.78, 5) is 12.4. The molecule has 0 unspecified atom stereocenters. The van der Waals surface area contributed by atoms with Crippen LogP contribution in [0.5, 0.6) is 0 Å². The lowest BCUT2D eigenvalue weighted by Gasteiger charge is -2.54. The molecule has 0 bridgehead atoms. The average molecular weight is 346 g/mol. The van der Waals surface area contributed by atoms with Gasteiger partial charge in [-0.15, -0.1) is 0 Å². The molecule has 2 amide bonds. The molecule has 1 aliphatic carbocycles. The Morgan fingerprint density at radius 3 is 2.84 bits per heavy atom. The van der Waals surface area contributed by atoms with Crippen LogP contribution in [0.1, 0.15) is 44.7 Å². The fraction of sp³-hybridized carbons (Fsp3) is 0.650. The second-order valence-corrected chi connectivity index (χ2v) is 7.69. The Balaban J connectivity index is 1.51. The number of hydrogen-bond acceptors (Lipinski definition) is 3. The normalized spacial score (nSPS) is 26.6. The summed E-state index contributed by atoms with van der Waals surface area (Å²) in [5.41, 5.74) is 2.23. The molecule has 1 aromatic carbocycles. The van der Waals surface area contributed by atoms with Crippen molar-refractivity contribution in [2.45, 2.75) is 58.9 Å². The molecule has 2 N–H and O–H groups in total. The van der Waals surface area contributed by atoms with E-state index in [1.54, 1.807) is 0 Å². The zero-order valence-electron chi connectivity index (χ0n) is 15.5. The van der Waals surface area contributed by atoms with Crippen molar-refractivity contribution >= 4 is 6.03 Å². The summed E-state index contributed by atoms with van der Waals surface area (Å²) in [5.74, 6) is 0.454. The maximum atomic E-state index is 12.4. The summed E-state index contributed by atoms with van der Waals surface area (Å²) in [6.45, 7) is 9.10. The summed E-state index contributed by atoms with van der Waals surface area (Å²) >= 11 is 0. The van der Waals surface area contributed by atoms with Crippen LogP contribution in [0.4, 0.5) is 4.79 Å². The van der Waals surface area contributed by atoms with Crippen LogP contribution in [-0.4, -0.2) is 31.4 Å². The van der Waals surface area contributed by atoms with Gasteiger partial charge in [0.1, 0.15) is 0 Å². The number of ether oxygens (including phenoxy) is 2. The third-order valence-electron chi connectivity index (χ3n) is 5.55. The van der Waals surface area contributed by atoms with Gasteiger partial charge in [-0.05, 0) is 24.0 Å². The first kappa shape index (κ1) is 18.2. The van der Waals surface area contributed by atoms with E-state index in [4.69, 9.17) is 9.47 Å². The Labute approximate surface area is 150 Å². The Kier molecular flexibility index (Phi) is 5.64. The third kappa shape index (κ3) is 3.82. The summed E-state index contributed by atoms with van der Waals surface area (Å²) in [6, 6.07) is 8.17. The molecule has 5 nitrogen and oxygen atoms in total. The number of benzene rings is 1. The molecule has 5 heteroatoms. The molecular formula is C20H30N2O3. The molecule has 0 spiro atoms. The van der Waals surface area contributed by atoms with Gasteiger partial charge in [-0.25, -0.2) is 4.79 Å². The number of hydrogen-bond donors (Lipinski definition) is 2. The van der Waals surface area contributed by atoms with Crippen molar-refractivity contribution in [3.8, 4) is 0 Å². The molecule has 0 radical (unpaired) electrons. The number of fused-ring (bicyclic) bond motifs is 1. The number of nitrogens with one attached hydrogen (secondary N) is 2. The van der Waals surface area contributed by atoms with E-state index in [1.165, 1.54) is 0 Å². The molecule has 0 aromatic heterocycles. The van der Waals surface area contributed by atoms with Crippen molar-refractivity contribution in [1.29, 1.82) is 0 Å². The third-order valence-corrected chi connectivity index (χ3v) is 5.55. The van der Waals surface area contributed by atoms with E-state index in [-0.39, 0.29) is 23.6 Å². The highest BCUT2D eigenvalue weighted by atomic mass is 16.5. The highest BCUT2D eigenvalue weighted by Crippen LogP contribution is 2.52. The molecule has 3 rings (SSSR count). The molecule has 1 aliphatic heterocycles. The van der Waals surface area contributed by atoms with Crippen molar-refractivity contribution in [3.63, 3.8) is 0 Å². The number of carbonyl (C=O) groups is 1. The van der Waals surface area contributed by atoms with E-state index >= 15 is 0 Å². The lowest BCUT2D eigenvalue weighted by atomic mass is 9.57. The van der Waals surface area contributed by atoms with Crippen LogP contribution in [0.15, 0.2) is 24.3 Å². The predicted molar refractivity (Wildman–Crippen MR) is 97.2 cm³/mol. The summed E-state index contributed by atoms with van der Waals surface area (Å²) in [7, 11) is 0. The first-order valence-corrected chi connectivity index (χ1v) is 9.34. The fourth-order valence-corrected chi connectivity index (χ4v) is 4.18. The van der Waals surface area contributed by atoms with Crippen molar-refractivity contribution in [2.24, 2.45) is 11.3 Å². The van der Waals surface area contributed by atoms with Gasteiger partial charge in [-0.3, -0.25) is 0 Å². The van der Waals surface area contributed by atoms with E-state index in [1.807, 2.05) is 18.2 Å². The lowest BCUT2D eigenvalue weighted by Crippen LogP contribution is -2.67. The molecule has 1 saturated heterocycles. The molecule has 2 aliphatic rings. The van der Waals surface area contributed by atoms with Crippen LogP contribution in [0, 0.1) is 11.3 Å². The Morgan fingerprint density at radius 2 is 2.08 bits per heavy atom. The Morgan fingerprint density at radius 1 is 1.32 bits per heavy atom. The number of amides is 2. The van der Waals surface area contributed by atoms with Gasteiger partial charge in [-0.2, -0.15) is 0 Å². The van der Waals surface area contributed by atoms with Crippen molar-refractivity contribution in [3.05, 3.63) is 35.4 Å². The standard InChI is InChI=1S/C20H30N2O3/c1-4-10-24-13-15-8-6-5-7-14(15)12-21-19(23)22-17-16-9-11-25-18(16)20(17,2)3/h5-8,16-18H,4,9-13H2,1-3H3,(H2,21,22,23)/t16-,17+,18+/m0/s1. The van der Waals surface area contributed by atoms with Gasteiger partial charge >= 0.3 is 6.03 Å². The molecule has 1 aromatic rings. The van der Waals surface area contributed by atoms with Gasteiger partial charge in [-0.1, -0.05) is 45.0 Å². The lowest BCUT2D eigenvalue weighted by molar-refractivity contribution is -0.108. The number of rotatable bonds is 7. The maximum Gasteiger partial charge on any atom is 0.315 e. The van der Waals surface area contributed by atoms with Gasteiger partial charge in [0.2, 0.25) is 0 Å². The van der Waals surface area contributed by atoms with Crippen molar-refractivity contribution < 1.29 is 14.3 Å². The number of urea groups is 1. The second-order valence-electron chi connectivity index (χ2n) is 7.69. The first-order chi connectivity index (χ1) is 12.0. The summed E-state index contributed by atoms with van der Waals surface area (Å²) in [6.07, 6.45) is 2.33. The Bertz CT molecular complexity index is 602. The molecule has 1 saturated carbocycles. The fourth-order valence-electron chi connectivity index (χ4n) is 4.18. The zero-order chi connectivity index (χ0) is 17.9. The topological polar surface area (TPSA) is 59.6 Å². The monoisotopic (exact) mass is 346 g/mol. The summed E-state index contributed by atoms with van der Waals surface area (Å²) < 4.78 is 11.4. The minimum Gasteiger partial charge on any atom is -0.377 e. The van der Waals surface area contributed by atoms with Crippen LogP contribution in [0.2, 0.25) is 0 Å². The molecule has 1 heterocycles. The van der Waals surface area contributed by atoms with Gasteiger partial charge in [0.15, 0.2) is 0 Å². The molecule has 138 valence electrons. The van der Waals surface area contributed by atoms with E-state index < -0.39 is 0 Å². The van der Waals surface area contributed by atoms with Crippen molar-refractivity contribution in [2.75, 3.05) is 13.2 Å². The maximum absolute atomic E-state index is 12.4. The first-order valence-electron chi connectivity index (χ1n) is 9.34. The minimum absolute atomic E-state index is 0.00437. The summed E-state index contributed by atoms with van der Waals surface area (Å²) in [5, 5.41) is 6.16. The smallest absolute Gasteiger partial charge is 0.315 e. The van der Waals surface area contributed by atoms with Gasteiger partial charge < -0.3 is 20.1 Å². The average Bonchev–Trinajstić information content (AvgIpc) is 3.06. The van der Waals surface area contributed by atoms with Crippen molar-refractivity contribution in [1.82, 2.24) is 10.6 Å². The quantitative estimate of drug-likeness (QED) is 0.745. The zero-order valence-corrected chi connectivity index (χ0v) is 15.5. The van der Waals surface area contributed by atoms with Gasteiger partial charge in [0, 0.05) is 37.1 Å². The SMILES string of the molecule is CCCOCc1ccccc1CNC(=O)N[C@@H]1[C@@H]2CCO[C@H]2C1(C)C. The van der Waals surface area contributed by atoms with E-state index in [0.717, 1.165) is 37.2 Å². The molecule has 25 heavy (non-hydrogen) atoms. The minimum atomic E-state index is -0.104. The van der Waals surface area contributed by atoms with Gasteiger partial charge in [0.25, 0.3) is 0 Å². The van der Waals surface area contributed by atoms with E-state index in [0.29, 0.717) is 19.1 Å². The second kappa shape index (κ2) is 7.75. The Hall–Kier alpha value is -1.59. The predicted octanol–water partition coefficient (Wildman–Crippen LogP) is 3.23. The van der Waals surface area contributed by atoms with Gasteiger partial charge in [0.05, 0.1) is 12.7 Å². The number of carbonyl (C=O) groups excluding carboxylic acids is 1. The highest BCUT2D eigenvalue weighted by Gasteiger charge is 2.59. The van der Waals surface area contributed by atoms with Crippen LogP contribution in [0.3, 0.4) is 0 Å². The van der Waals surface area contributed by atoms with Crippen LogP contribution in [-0.2, 0) is 22.6 Å².